The van der Waals surface area contributed by atoms with Gasteiger partial charge in [-0.25, -0.2) is 0 Å². The highest BCUT2D eigenvalue weighted by Gasteiger charge is 2.38. The van der Waals surface area contributed by atoms with E-state index in [0.717, 1.165) is 32.2 Å². The number of rotatable bonds is 6. The van der Waals surface area contributed by atoms with Gasteiger partial charge in [-0.15, -0.1) is 0 Å². The van der Waals surface area contributed by atoms with Crippen molar-refractivity contribution in [3.8, 4) is 0 Å². The van der Waals surface area contributed by atoms with E-state index in [1.165, 1.54) is 6.42 Å². The molecule has 2 N–H and O–H groups in total. The lowest BCUT2D eigenvalue weighted by molar-refractivity contribution is -0.139. The zero-order valence-electron chi connectivity index (χ0n) is 12.1. The molecule has 0 aromatic rings. The Morgan fingerprint density at radius 2 is 1.94 bits per heavy atom. The van der Waals surface area contributed by atoms with Gasteiger partial charge in [0.05, 0.1) is 12.1 Å². The van der Waals surface area contributed by atoms with Crippen LogP contribution < -0.4 is 5.73 Å². The number of nitrogens with two attached hydrogens (primary N) is 1. The molecule has 0 aliphatic heterocycles. The molecule has 4 nitrogen and oxygen atoms in total. The molecule has 0 atom stereocenters. The van der Waals surface area contributed by atoms with E-state index in [-0.39, 0.29) is 5.91 Å². The highest BCUT2D eigenvalue weighted by atomic mass is 16.5. The van der Waals surface area contributed by atoms with Crippen LogP contribution in [-0.2, 0) is 9.53 Å². The first-order valence-corrected chi connectivity index (χ1v) is 7.07. The third kappa shape index (κ3) is 4.25. The molecule has 0 spiro atoms. The summed E-state index contributed by atoms with van der Waals surface area (Å²) in [5.74, 6) is 0.575. The highest BCUT2D eigenvalue weighted by molar-refractivity contribution is 5.86. The van der Waals surface area contributed by atoms with Crippen LogP contribution in [-0.4, -0.2) is 43.2 Å². The molecule has 0 radical (unpaired) electrons. The third-order valence-corrected chi connectivity index (χ3v) is 3.61. The van der Waals surface area contributed by atoms with Gasteiger partial charge in [-0.1, -0.05) is 33.1 Å². The Kier molecular flexibility index (Phi) is 6.09. The van der Waals surface area contributed by atoms with Crippen molar-refractivity contribution in [3.63, 3.8) is 0 Å². The summed E-state index contributed by atoms with van der Waals surface area (Å²) >= 11 is 0. The number of ether oxygens (including phenoxy) is 1. The van der Waals surface area contributed by atoms with Gasteiger partial charge in [0.15, 0.2) is 0 Å². The van der Waals surface area contributed by atoms with E-state index >= 15 is 0 Å². The summed E-state index contributed by atoms with van der Waals surface area (Å²) in [6.07, 6.45) is 5.00. The summed E-state index contributed by atoms with van der Waals surface area (Å²) in [6, 6.07) is 0. The van der Waals surface area contributed by atoms with Crippen LogP contribution in [0.3, 0.4) is 0 Å². The number of carbonyl (C=O) groups is 1. The molecule has 0 heterocycles. The molecule has 18 heavy (non-hydrogen) atoms. The van der Waals surface area contributed by atoms with E-state index in [9.17, 15) is 4.79 Å². The molecule has 1 aliphatic rings. The Labute approximate surface area is 111 Å². The third-order valence-electron chi connectivity index (χ3n) is 3.61. The fourth-order valence-corrected chi connectivity index (χ4v) is 2.63. The topological polar surface area (TPSA) is 55.6 Å². The van der Waals surface area contributed by atoms with E-state index in [2.05, 4.69) is 13.8 Å². The van der Waals surface area contributed by atoms with Crippen LogP contribution in [0, 0.1) is 5.92 Å². The number of carbonyl (C=O) groups excluding carboxylic acids is 1. The molecule has 1 saturated carbocycles. The van der Waals surface area contributed by atoms with E-state index in [4.69, 9.17) is 10.5 Å². The van der Waals surface area contributed by atoms with E-state index in [1.54, 1.807) is 7.11 Å². The molecule has 106 valence electrons. The van der Waals surface area contributed by atoms with Crippen LogP contribution in [0.15, 0.2) is 0 Å². The highest BCUT2D eigenvalue weighted by Crippen LogP contribution is 2.27. The second-order valence-electron chi connectivity index (χ2n) is 5.85. The van der Waals surface area contributed by atoms with E-state index in [0.29, 0.717) is 19.1 Å². The number of methoxy groups -OCH3 is 1. The van der Waals surface area contributed by atoms with Crippen molar-refractivity contribution in [1.82, 2.24) is 4.90 Å². The first-order valence-electron chi connectivity index (χ1n) is 7.07. The maximum absolute atomic E-state index is 12.6. The monoisotopic (exact) mass is 256 g/mol. The zero-order chi connectivity index (χ0) is 13.6. The van der Waals surface area contributed by atoms with Crippen LogP contribution in [0.5, 0.6) is 0 Å². The number of amides is 1. The van der Waals surface area contributed by atoms with Gasteiger partial charge in [0.25, 0.3) is 0 Å². The minimum Gasteiger partial charge on any atom is -0.383 e. The Bertz CT molecular complexity index is 261. The summed E-state index contributed by atoms with van der Waals surface area (Å²) < 4.78 is 5.09. The van der Waals surface area contributed by atoms with Crippen LogP contribution in [0.4, 0.5) is 0 Å². The largest absolute Gasteiger partial charge is 0.383 e. The smallest absolute Gasteiger partial charge is 0.242 e. The molecule has 1 aliphatic carbocycles. The minimum absolute atomic E-state index is 0.118. The van der Waals surface area contributed by atoms with Gasteiger partial charge in [0.2, 0.25) is 5.91 Å². The second kappa shape index (κ2) is 7.10. The maximum atomic E-state index is 12.6. The van der Waals surface area contributed by atoms with Gasteiger partial charge in [0.1, 0.15) is 0 Å². The fourth-order valence-electron chi connectivity index (χ4n) is 2.63. The molecule has 1 amide bonds. The number of hydrogen-bond acceptors (Lipinski definition) is 3. The lowest BCUT2D eigenvalue weighted by Gasteiger charge is -2.37. The molecular formula is C14H28N2O2. The predicted molar refractivity (Wildman–Crippen MR) is 73.3 cm³/mol. The Hall–Kier alpha value is -0.610. The lowest BCUT2D eigenvalue weighted by atomic mass is 9.81. The fraction of sp³-hybridized carbons (Fsp3) is 0.929. The summed E-state index contributed by atoms with van der Waals surface area (Å²) in [4.78, 5) is 14.5. The summed E-state index contributed by atoms with van der Waals surface area (Å²) in [5.41, 5.74) is 5.69. The van der Waals surface area contributed by atoms with Gasteiger partial charge in [0, 0.05) is 20.2 Å². The average Bonchev–Trinajstić information content (AvgIpc) is 2.34. The van der Waals surface area contributed by atoms with Crippen molar-refractivity contribution >= 4 is 5.91 Å². The maximum Gasteiger partial charge on any atom is 0.242 e. The molecule has 1 rings (SSSR count). The molecule has 0 aromatic heterocycles. The molecule has 0 bridgehead atoms. The number of hydrogen-bond donors (Lipinski definition) is 1. The van der Waals surface area contributed by atoms with Gasteiger partial charge in [-0.3, -0.25) is 4.79 Å². The Morgan fingerprint density at radius 1 is 1.33 bits per heavy atom. The zero-order valence-corrected chi connectivity index (χ0v) is 12.1. The van der Waals surface area contributed by atoms with Crippen molar-refractivity contribution in [2.24, 2.45) is 11.7 Å². The first kappa shape index (κ1) is 15.4. The molecule has 1 fully saturated rings. The van der Waals surface area contributed by atoms with Crippen LogP contribution in [0.1, 0.15) is 46.0 Å². The van der Waals surface area contributed by atoms with Gasteiger partial charge in [-0.05, 0) is 18.8 Å². The van der Waals surface area contributed by atoms with Crippen molar-refractivity contribution in [2.75, 3.05) is 26.8 Å². The number of nitrogens with zero attached hydrogens (tertiary/aromatic N) is 1. The molecule has 0 unspecified atom stereocenters. The molecular weight excluding hydrogens is 228 g/mol. The SMILES string of the molecule is COCCN(CC(C)C)C(=O)C1(N)CCCCC1. The average molecular weight is 256 g/mol. The Morgan fingerprint density at radius 3 is 2.44 bits per heavy atom. The summed E-state index contributed by atoms with van der Waals surface area (Å²) in [6.45, 7) is 6.23. The molecule has 4 heteroatoms. The van der Waals surface area contributed by atoms with Crippen molar-refractivity contribution in [2.45, 2.75) is 51.5 Å². The first-order chi connectivity index (χ1) is 8.49. The normalized spacial score (nSPS) is 18.9. The minimum atomic E-state index is -0.624. The van der Waals surface area contributed by atoms with Crippen molar-refractivity contribution in [1.29, 1.82) is 0 Å². The van der Waals surface area contributed by atoms with Gasteiger partial charge in [-0.2, -0.15) is 0 Å². The Balaban J connectivity index is 2.66. The van der Waals surface area contributed by atoms with Crippen LogP contribution in [0.2, 0.25) is 0 Å². The molecule has 0 aromatic carbocycles. The quantitative estimate of drug-likeness (QED) is 0.788. The van der Waals surface area contributed by atoms with E-state index in [1.807, 2.05) is 4.90 Å². The second-order valence-corrected chi connectivity index (χ2v) is 5.85. The standard InChI is InChI=1S/C14H28N2O2/c1-12(2)11-16(9-10-18-3)13(17)14(15)7-5-4-6-8-14/h12H,4-11,15H2,1-3H3. The van der Waals surface area contributed by atoms with Crippen LogP contribution in [0.25, 0.3) is 0 Å². The van der Waals surface area contributed by atoms with E-state index < -0.39 is 5.54 Å². The lowest BCUT2D eigenvalue weighted by Crippen LogP contribution is -2.57. The predicted octanol–water partition coefficient (Wildman–Crippen LogP) is 1.78. The van der Waals surface area contributed by atoms with Crippen LogP contribution >= 0.6 is 0 Å². The summed E-state index contributed by atoms with van der Waals surface area (Å²) in [7, 11) is 1.66. The van der Waals surface area contributed by atoms with Gasteiger partial charge >= 0.3 is 0 Å². The van der Waals surface area contributed by atoms with Crippen molar-refractivity contribution < 1.29 is 9.53 Å². The summed E-state index contributed by atoms with van der Waals surface area (Å²) in [5, 5.41) is 0. The molecule has 0 saturated heterocycles. The van der Waals surface area contributed by atoms with Gasteiger partial charge < -0.3 is 15.4 Å². The van der Waals surface area contributed by atoms with Crippen molar-refractivity contribution in [3.05, 3.63) is 0 Å².